The average molecular weight is 222 g/mol. The summed E-state index contributed by atoms with van der Waals surface area (Å²) in [6, 6.07) is 5.59. The van der Waals surface area contributed by atoms with Crippen molar-refractivity contribution in [2.45, 2.75) is 13.2 Å². The van der Waals surface area contributed by atoms with Crippen LogP contribution in [-0.2, 0) is 18.0 Å². The van der Waals surface area contributed by atoms with Crippen LogP contribution in [0.25, 0.3) is 10.9 Å². The quantitative estimate of drug-likeness (QED) is 0.741. The summed E-state index contributed by atoms with van der Waals surface area (Å²) < 4.78 is 5.28. The number of rotatable bonds is 0. The number of aromatic amines is 1. The number of fused-ring (bicyclic) bond motifs is 3. The number of halogens is 1. The first kappa shape index (κ1) is 8.95. The Hall–Kier alpha value is -1.32. The molecular weight excluding hydrogens is 214 g/mol. The second kappa shape index (κ2) is 3.08. The Morgan fingerprint density at radius 2 is 2.07 bits per heavy atom. The topological polar surface area (TPSA) is 42.1 Å². The molecule has 0 atom stereocenters. The second-order valence-electron chi connectivity index (χ2n) is 3.57. The lowest BCUT2D eigenvalue weighted by Crippen LogP contribution is -2.12. The Labute approximate surface area is 90.6 Å². The number of pyridine rings is 1. The van der Waals surface area contributed by atoms with Crippen molar-refractivity contribution in [3.63, 3.8) is 0 Å². The van der Waals surface area contributed by atoms with Gasteiger partial charge in [0, 0.05) is 10.9 Å². The van der Waals surface area contributed by atoms with Crippen molar-refractivity contribution in [2.75, 3.05) is 0 Å². The molecule has 0 amide bonds. The molecule has 0 saturated heterocycles. The van der Waals surface area contributed by atoms with Crippen LogP contribution in [0.1, 0.15) is 11.1 Å². The van der Waals surface area contributed by atoms with Crippen molar-refractivity contribution >= 4 is 22.5 Å². The fraction of sp³-hybridized carbons (Fsp3) is 0.182. The van der Waals surface area contributed by atoms with E-state index in [9.17, 15) is 4.79 Å². The van der Waals surface area contributed by atoms with E-state index in [2.05, 4.69) is 4.98 Å². The summed E-state index contributed by atoms with van der Waals surface area (Å²) in [7, 11) is 0. The minimum Gasteiger partial charge on any atom is -0.372 e. The summed E-state index contributed by atoms with van der Waals surface area (Å²) in [5.74, 6) is 0. The molecule has 0 bridgehead atoms. The number of hydrogen-bond donors (Lipinski definition) is 1. The van der Waals surface area contributed by atoms with Gasteiger partial charge in [0.05, 0.1) is 23.8 Å². The van der Waals surface area contributed by atoms with Gasteiger partial charge < -0.3 is 9.72 Å². The molecule has 1 N–H and O–H groups in total. The average Bonchev–Trinajstić information content (AvgIpc) is 2.69. The molecule has 0 fully saturated rings. The molecule has 15 heavy (non-hydrogen) atoms. The van der Waals surface area contributed by atoms with Crippen molar-refractivity contribution < 1.29 is 4.74 Å². The first-order valence-corrected chi connectivity index (χ1v) is 5.05. The van der Waals surface area contributed by atoms with Gasteiger partial charge in [0.2, 0.25) is 0 Å². The van der Waals surface area contributed by atoms with Gasteiger partial charge >= 0.3 is 0 Å². The maximum absolute atomic E-state index is 11.7. The number of aromatic nitrogens is 1. The normalized spacial score (nSPS) is 14.5. The van der Waals surface area contributed by atoms with Crippen molar-refractivity contribution in [1.29, 1.82) is 0 Å². The van der Waals surface area contributed by atoms with Crippen molar-refractivity contribution in [2.24, 2.45) is 0 Å². The number of benzene rings is 1. The standard InChI is InChI=1S/C11H8ClNO2/c12-9-3-1-2-6-7-4-15-5-8(7)11(14)13-10(6)9/h1-3H,4-5H2,(H,13,14). The van der Waals surface area contributed by atoms with Gasteiger partial charge in [-0.25, -0.2) is 0 Å². The molecule has 4 heteroatoms. The molecule has 0 aliphatic carbocycles. The van der Waals surface area contributed by atoms with Gasteiger partial charge in [-0.1, -0.05) is 23.7 Å². The molecule has 1 aromatic carbocycles. The predicted octanol–water partition coefficient (Wildman–Crippen LogP) is 2.21. The monoisotopic (exact) mass is 221 g/mol. The summed E-state index contributed by atoms with van der Waals surface area (Å²) in [5.41, 5.74) is 2.30. The molecule has 0 radical (unpaired) electrons. The van der Waals surface area contributed by atoms with Crippen LogP contribution >= 0.6 is 11.6 Å². The van der Waals surface area contributed by atoms with Crippen LogP contribution in [0.2, 0.25) is 5.02 Å². The molecule has 3 nitrogen and oxygen atoms in total. The SMILES string of the molecule is O=c1[nH]c2c(Cl)cccc2c2c1COC2. The lowest BCUT2D eigenvalue weighted by atomic mass is 10.1. The molecule has 2 aromatic rings. The molecule has 0 unspecified atom stereocenters. The lowest BCUT2D eigenvalue weighted by molar-refractivity contribution is 0.134. The van der Waals surface area contributed by atoms with Crippen molar-refractivity contribution in [3.05, 3.63) is 44.7 Å². The highest BCUT2D eigenvalue weighted by Gasteiger charge is 2.18. The number of ether oxygens (including phenoxy) is 1. The van der Waals surface area contributed by atoms with Gasteiger partial charge in [0.25, 0.3) is 5.56 Å². The van der Waals surface area contributed by atoms with Gasteiger partial charge in [-0.15, -0.1) is 0 Å². The smallest absolute Gasteiger partial charge is 0.254 e. The molecule has 0 saturated carbocycles. The van der Waals surface area contributed by atoms with Crippen LogP contribution in [0, 0.1) is 0 Å². The predicted molar refractivity (Wildman–Crippen MR) is 58.1 cm³/mol. The molecule has 2 heterocycles. The van der Waals surface area contributed by atoms with Gasteiger partial charge in [-0.05, 0) is 11.6 Å². The first-order chi connectivity index (χ1) is 7.27. The van der Waals surface area contributed by atoms with E-state index in [0.717, 1.165) is 16.5 Å². The first-order valence-electron chi connectivity index (χ1n) is 4.67. The zero-order chi connectivity index (χ0) is 10.4. The Morgan fingerprint density at radius 1 is 1.27 bits per heavy atom. The highest BCUT2D eigenvalue weighted by Crippen LogP contribution is 2.28. The summed E-state index contributed by atoms with van der Waals surface area (Å²) in [6.45, 7) is 0.892. The molecule has 3 rings (SSSR count). The number of nitrogens with one attached hydrogen (secondary N) is 1. The van der Waals surface area contributed by atoms with Crippen LogP contribution in [0.3, 0.4) is 0 Å². The third-order valence-electron chi connectivity index (χ3n) is 2.71. The Bertz CT molecular complexity index is 603. The summed E-state index contributed by atoms with van der Waals surface area (Å²) in [5, 5.41) is 1.55. The van der Waals surface area contributed by atoms with E-state index < -0.39 is 0 Å². The van der Waals surface area contributed by atoms with E-state index in [1.54, 1.807) is 6.07 Å². The Kier molecular flexibility index (Phi) is 1.84. The third-order valence-corrected chi connectivity index (χ3v) is 3.02. The maximum Gasteiger partial charge on any atom is 0.254 e. The minimum absolute atomic E-state index is 0.0944. The molecule has 1 aliphatic heterocycles. The van der Waals surface area contributed by atoms with Crippen LogP contribution in [0.5, 0.6) is 0 Å². The van der Waals surface area contributed by atoms with Crippen molar-refractivity contribution in [1.82, 2.24) is 4.98 Å². The Balaban J connectivity index is 2.54. The van der Waals surface area contributed by atoms with E-state index in [4.69, 9.17) is 16.3 Å². The number of H-pyrrole nitrogens is 1. The minimum atomic E-state index is -0.0944. The number of hydrogen-bond acceptors (Lipinski definition) is 2. The summed E-state index contributed by atoms with van der Waals surface area (Å²) in [4.78, 5) is 14.5. The van der Waals surface area contributed by atoms with Gasteiger partial charge in [-0.3, -0.25) is 4.79 Å². The van der Waals surface area contributed by atoms with E-state index in [-0.39, 0.29) is 5.56 Å². The summed E-state index contributed by atoms with van der Waals surface area (Å²) in [6.07, 6.45) is 0. The highest BCUT2D eigenvalue weighted by atomic mass is 35.5. The van der Waals surface area contributed by atoms with E-state index >= 15 is 0 Å². The van der Waals surface area contributed by atoms with E-state index in [0.29, 0.717) is 23.8 Å². The zero-order valence-corrected chi connectivity index (χ0v) is 8.60. The maximum atomic E-state index is 11.7. The van der Waals surface area contributed by atoms with Gasteiger partial charge in [-0.2, -0.15) is 0 Å². The van der Waals surface area contributed by atoms with Crippen LogP contribution in [0.15, 0.2) is 23.0 Å². The lowest BCUT2D eigenvalue weighted by Gasteiger charge is -2.04. The van der Waals surface area contributed by atoms with Crippen molar-refractivity contribution in [3.8, 4) is 0 Å². The molecule has 0 spiro atoms. The van der Waals surface area contributed by atoms with E-state index in [1.807, 2.05) is 12.1 Å². The Morgan fingerprint density at radius 3 is 2.93 bits per heavy atom. The third kappa shape index (κ3) is 1.20. The molecule has 1 aromatic heterocycles. The summed E-state index contributed by atoms with van der Waals surface area (Å²) >= 11 is 6.02. The highest BCUT2D eigenvalue weighted by molar-refractivity contribution is 6.35. The molecule has 1 aliphatic rings. The fourth-order valence-electron chi connectivity index (χ4n) is 1.96. The van der Waals surface area contributed by atoms with Crippen LogP contribution in [-0.4, -0.2) is 4.98 Å². The molecular formula is C11H8ClNO2. The number of para-hydroxylation sites is 1. The fourth-order valence-corrected chi connectivity index (χ4v) is 2.19. The van der Waals surface area contributed by atoms with E-state index in [1.165, 1.54) is 0 Å². The van der Waals surface area contributed by atoms with Gasteiger partial charge in [0.15, 0.2) is 0 Å². The largest absolute Gasteiger partial charge is 0.372 e. The van der Waals surface area contributed by atoms with Crippen LogP contribution in [0.4, 0.5) is 0 Å². The molecule has 76 valence electrons. The second-order valence-corrected chi connectivity index (χ2v) is 3.97. The van der Waals surface area contributed by atoms with Crippen LogP contribution < -0.4 is 5.56 Å². The van der Waals surface area contributed by atoms with Gasteiger partial charge in [0.1, 0.15) is 0 Å². The zero-order valence-electron chi connectivity index (χ0n) is 7.84.